The van der Waals surface area contributed by atoms with E-state index in [4.69, 9.17) is 10.8 Å². The number of carboxylic acid groups (broad SMARTS) is 1. The molecule has 0 saturated carbocycles. The molecule has 1 aliphatic rings. The molecule has 1 saturated heterocycles. The zero-order valence-electron chi connectivity index (χ0n) is 14.9. The van der Waals surface area contributed by atoms with Crippen molar-refractivity contribution in [3.8, 4) is 0 Å². The average molecular weight is 356 g/mol. The van der Waals surface area contributed by atoms with Crippen LogP contribution in [0.2, 0.25) is 0 Å². The van der Waals surface area contributed by atoms with Crippen molar-refractivity contribution in [2.24, 2.45) is 11.7 Å². The molecule has 0 aromatic rings. The minimum atomic E-state index is -1.17. The molecular formula is C16H28N4O5. The Hall–Kier alpha value is -2.16. The smallest absolute Gasteiger partial charge is 0.322 e. The molecule has 5 N–H and O–H groups in total. The minimum Gasteiger partial charge on any atom is -0.480 e. The van der Waals surface area contributed by atoms with Gasteiger partial charge in [0.1, 0.15) is 18.6 Å². The van der Waals surface area contributed by atoms with Gasteiger partial charge < -0.3 is 26.4 Å². The Bertz CT molecular complexity index is 525. The van der Waals surface area contributed by atoms with Crippen molar-refractivity contribution in [2.45, 2.75) is 58.2 Å². The fraction of sp³-hybridized carbons (Fsp3) is 0.750. The molecule has 142 valence electrons. The summed E-state index contributed by atoms with van der Waals surface area (Å²) in [4.78, 5) is 48.7. The van der Waals surface area contributed by atoms with Crippen LogP contribution in [0.15, 0.2) is 0 Å². The third-order valence-corrected chi connectivity index (χ3v) is 4.55. The number of likely N-dealkylation sites (tertiary alicyclic amines) is 1. The van der Waals surface area contributed by atoms with Crippen molar-refractivity contribution in [1.82, 2.24) is 15.5 Å². The summed E-state index contributed by atoms with van der Waals surface area (Å²) >= 11 is 0. The van der Waals surface area contributed by atoms with Gasteiger partial charge in [0.15, 0.2) is 0 Å². The highest BCUT2D eigenvalue weighted by atomic mass is 16.4. The van der Waals surface area contributed by atoms with E-state index < -0.39 is 42.5 Å². The van der Waals surface area contributed by atoms with Gasteiger partial charge in [-0.1, -0.05) is 20.3 Å². The zero-order valence-corrected chi connectivity index (χ0v) is 14.9. The van der Waals surface area contributed by atoms with Crippen LogP contribution in [0.25, 0.3) is 0 Å². The lowest BCUT2D eigenvalue weighted by atomic mass is 9.98. The van der Waals surface area contributed by atoms with E-state index >= 15 is 0 Å². The maximum absolute atomic E-state index is 12.5. The van der Waals surface area contributed by atoms with Gasteiger partial charge in [-0.05, 0) is 25.7 Å². The second kappa shape index (κ2) is 9.36. The number of carbonyl (C=O) groups is 4. The zero-order chi connectivity index (χ0) is 19.1. The largest absolute Gasteiger partial charge is 0.480 e. The molecule has 25 heavy (non-hydrogen) atoms. The molecule has 1 heterocycles. The molecule has 0 aliphatic carbocycles. The Morgan fingerprint density at radius 3 is 2.48 bits per heavy atom. The Morgan fingerprint density at radius 1 is 1.28 bits per heavy atom. The predicted octanol–water partition coefficient (Wildman–Crippen LogP) is -0.944. The van der Waals surface area contributed by atoms with E-state index in [1.54, 1.807) is 0 Å². The van der Waals surface area contributed by atoms with Crippen LogP contribution in [0.4, 0.5) is 0 Å². The number of nitrogens with one attached hydrogen (secondary N) is 2. The second-order valence-electron chi connectivity index (χ2n) is 6.44. The number of carboxylic acids is 1. The Labute approximate surface area is 147 Å². The topological polar surface area (TPSA) is 142 Å². The molecular weight excluding hydrogens is 328 g/mol. The summed E-state index contributed by atoms with van der Waals surface area (Å²) in [5.41, 5.74) is 5.99. The van der Waals surface area contributed by atoms with Crippen LogP contribution in [0, 0.1) is 5.92 Å². The molecule has 3 amide bonds. The van der Waals surface area contributed by atoms with Gasteiger partial charge in [0.25, 0.3) is 0 Å². The van der Waals surface area contributed by atoms with E-state index in [0.717, 1.165) is 6.42 Å². The number of amides is 3. The third kappa shape index (κ3) is 5.70. The molecule has 4 atom stereocenters. The van der Waals surface area contributed by atoms with Gasteiger partial charge in [-0.15, -0.1) is 0 Å². The van der Waals surface area contributed by atoms with E-state index in [0.29, 0.717) is 19.4 Å². The van der Waals surface area contributed by atoms with Crippen LogP contribution in [0.1, 0.15) is 40.0 Å². The van der Waals surface area contributed by atoms with Crippen molar-refractivity contribution in [2.75, 3.05) is 13.1 Å². The summed E-state index contributed by atoms with van der Waals surface area (Å²) in [5, 5.41) is 13.3. The maximum atomic E-state index is 12.5. The summed E-state index contributed by atoms with van der Waals surface area (Å²) in [6.07, 6.45) is 1.96. The standard InChI is InChI=1S/C16H28N4O5/c1-4-9(2)13(17)16(25)20-7-5-6-11(20)15(24)19-10(3)14(23)18-8-12(21)22/h9-11,13H,4-8,17H2,1-3H3,(H,18,23)(H,19,24)(H,21,22). The first kappa shape index (κ1) is 20.9. The summed E-state index contributed by atoms with van der Waals surface area (Å²) in [7, 11) is 0. The number of rotatable bonds is 8. The van der Waals surface area contributed by atoms with E-state index in [-0.39, 0.29) is 11.8 Å². The first-order chi connectivity index (χ1) is 11.7. The van der Waals surface area contributed by atoms with Crippen molar-refractivity contribution in [3.05, 3.63) is 0 Å². The lowest BCUT2D eigenvalue weighted by Crippen LogP contribution is -2.55. The highest BCUT2D eigenvalue weighted by Gasteiger charge is 2.37. The van der Waals surface area contributed by atoms with E-state index in [1.165, 1.54) is 11.8 Å². The van der Waals surface area contributed by atoms with Crippen molar-refractivity contribution in [3.63, 3.8) is 0 Å². The number of nitrogens with two attached hydrogens (primary N) is 1. The maximum Gasteiger partial charge on any atom is 0.322 e. The van der Waals surface area contributed by atoms with Crippen LogP contribution in [-0.4, -0.2) is 64.9 Å². The van der Waals surface area contributed by atoms with Crippen LogP contribution in [0.5, 0.6) is 0 Å². The molecule has 1 rings (SSSR count). The number of carbonyl (C=O) groups excluding carboxylic acids is 3. The SMILES string of the molecule is CCC(C)C(N)C(=O)N1CCCC1C(=O)NC(C)C(=O)NCC(=O)O. The Balaban J connectivity index is 2.65. The molecule has 0 aromatic carbocycles. The van der Waals surface area contributed by atoms with Crippen LogP contribution >= 0.6 is 0 Å². The molecule has 4 unspecified atom stereocenters. The second-order valence-corrected chi connectivity index (χ2v) is 6.44. The quantitative estimate of drug-likeness (QED) is 0.442. The molecule has 0 aromatic heterocycles. The normalized spacial score (nSPS) is 20.5. The molecule has 1 fully saturated rings. The number of hydrogen-bond acceptors (Lipinski definition) is 5. The van der Waals surface area contributed by atoms with Gasteiger partial charge in [0.2, 0.25) is 17.7 Å². The Morgan fingerprint density at radius 2 is 1.92 bits per heavy atom. The minimum absolute atomic E-state index is 0.0116. The molecule has 9 heteroatoms. The third-order valence-electron chi connectivity index (χ3n) is 4.55. The van der Waals surface area contributed by atoms with Gasteiger partial charge in [0.05, 0.1) is 6.04 Å². The van der Waals surface area contributed by atoms with Gasteiger partial charge in [-0.3, -0.25) is 19.2 Å². The van der Waals surface area contributed by atoms with Crippen molar-refractivity contribution in [1.29, 1.82) is 0 Å². The summed E-state index contributed by atoms with van der Waals surface area (Å²) in [6, 6.07) is -2.21. The van der Waals surface area contributed by atoms with Gasteiger partial charge in [0, 0.05) is 6.54 Å². The number of nitrogens with zero attached hydrogens (tertiary/aromatic N) is 1. The van der Waals surface area contributed by atoms with Gasteiger partial charge >= 0.3 is 5.97 Å². The fourth-order valence-corrected chi connectivity index (χ4v) is 2.68. The number of hydrogen-bond donors (Lipinski definition) is 4. The molecule has 0 radical (unpaired) electrons. The van der Waals surface area contributed by atoms with Gasteiger partial charge in [-0.2, -0.15) is 0 Å². The average Bonchev–Trinajstić information content (AvgIpc) is 3.06. The Kier molecular flexibility index (Phi) is 7.82. The van der Waals surface area contributed by atoms with Crippen molar-refractivity contribution < 1.29 is 24.3 Å². The predicted molar refractivity (Wildman–Crippen MR) is 90.4 cm³/mol. The van der Waals surface area contributed by atoms with Gasteiger partial charge in [-0.25, -0.2) is 0 Å². The highest BCUT2D eigenvalue weighted by molar-refractivity contribution is 5.93. The summed E-state index contributed by atoms with van der Waals surface area (Å²) < 4.78 is 0. The first-order valence-electron chi connectivity index (χ1n) is 8.54. The lowest BCUT2D eigenvalue weighted by molar-refractivity contribution is -0.141. The summed E-state index contributed by atoms with van der Waals surface area (Å²) in [6.45, 7) is 5.24. The van der Waals surface area contributed by atoms with Crippen LogP contribution in [-0.2, 0) is 19.2 Å². The van der Waals surface area contributed by atoms with E-state index in [1.807, 2.05) is 13.8 Å². The highest BCUT2D eigenvalue weighted by Crippen LogP contribution is 2.20. The lowest BCUT2D eigenvalue weighted by Gasteiger charge is -2.29. The first-order valence-corrected chi connectivity index (χ1v) is 8.54. The van der Waals surface area contributed by atoms with Crippen LogP contribution in [0.3, 0.4) is 0 Å². The number of aliphatic carboxylic acids is 1. The molecule has 0 bridgehead atoms. The fourth-order valence-electron chi connectivity index (χ4n) is 2.68. The van der Waals surface area contributed by atoms with Crippen molar-refractivity contribution >= 4 is 23.7 Å². The van der Waals surface area contributed by atoms with Crippen LogP contribution < -0.4 is 16.4 Å². The summed E-state index contributed by atoms with van der Waals surface area (Å²) in [5.74, 6) is -2.44. The monoisotopic (exact) mass is 356 g/mol. The molecule has 1 aliphatic heterocycles. The van der Waals surface area contributed by atoms with E-state index in [9.17, 15) is 19.2 Å². The molecule has 9 nitrogen and oxygen atoms in total. The van der Waals surface area contributed by atoms with E-state index in [2.05, 4.69) is 10.6 Å². The molecule has 0 spiro atoms.